The first kappa shape index (κ1) is 18.2. The van der Waals surface area contributed by atoms with E-state index in [9.17, 15) is 4.79 Å². The van der Waals surface area contributed by atoms with Crippen LogP contribution in [0.5, 0.6) is 11.5 Å². The lowest BCUT2D eigenvalue weighted by molar-refractivity contribution is 0.0953. The van der Waals surface area contributed by atoms with E-state index in [2.05, 4.69) is 47.2 Å². The topological polar surface area (TPSA) is 59.9 Å². The van der Waals surface area contributed by atoms with Crippen molar-refractivity contribution >= 4 is 27.5 Å². The number of rotatable bonds is 4. The minimum absolute atomic E-state index is 0.0695. The predicted molar refractivity (Wildman–Crippen MR) is 101 cm³/mol. The van der Waals surface area contributed by atoms with E-state index >= 15 is 0 Å². The second kappa shape index (κ2) is 6.31. The lowest BCUT2D eigenvalue weighted by Gasteiger charge is -2.34. The smallest absolute Gasteiger partial charge is 0.271 e. The van der Waals surface area contributed by atoms with Crippen molar-refractivity contribution in [3.05, 3.63) is 22.2 Å². The molecule has 2 fully saturated rings. The molecule has 0 unspecified atom stereocenters. The van der Waals surface area contributed by atoms with E-state index in [1.807, 2.05) is 0 Å². The Kier molecular flexibility index (Phi) is 4.60. The van der Waals surface area contributed by atoms with Crippen LogP contribution < -0.4 is 14.9 Å². The molecule has 3 rings (SSSR count). The summed E-state index contributed by atoms with van der Waals surface area (Å²) in [5.74, 6) is 1.48. The fourth-order valence-electron chi connectivity index (χ4n) is 4.28. The molecule has 25 heavy (non-hydrogen) atoms. The highest BCUT2D eigenvalue weighted by molar-refractivity contribution is 9.10. The van der Waals surface area contributed by atoms with Gasteiger partial charge in [-0.15, -0.1) is 0 Å². The predicted octanol–water partition coefficient (Wildman–Crippen LogP) is 4.40. The number of methoxy groups -OCH3 is 2. The van der Waals surface area contributed by atoms with Crippen molar-refractivity contribution < 1.29 is 14.3 Å². The highest BCUT2D eigenvalue weighted by Crippen LogP contribution is 2.63. The standard InChI is InChI=1S/C19H25BrN2O3/c1-18(2)12-6-7-19(18,3)15(10-12)21-22-17(23)11-8-13(24-4)16(20)14(9-11)25-5/h8-9,12H,6-7,10H2,1-5H3,(H,22,23)/b21-15-/t12-,19-/m1/s1. The van der Waals surface area contributed by atoms with E-state index in [0.717, 1.165) is 18.6 Å². The van der Waals surface area contributed by atoms with Crippen molar-refractivity contribution in [3.8, 4) is 11.5 Å². The first-order valence-electron chi connectivity index (χ1n) is 8.53. The van der Waals surface area contributed by atoms with E-state index in [4.69, 9.17) is 9.47 Å². The van der Waals surface area contributed by atoms with Gasteiger partial charge in [0, 0.05) is 16.7 Å². The van der Waals surface area contributed by atoms with Gasteiger partial charge >= 0.3 is 0 Å². The number of fused-ring (bicyclic) bond motifs is 2. The molecule has 1 amide bonds. The van der Waals surface area contributed by atoms with Gasteiger partial charge in [-0.05, 0) is 58.7 Å². The van der Waals surface area contributed by atoms with Crippen LogP contribution in [0.2, 0.25) is 0 Å². The SMILES string of the molecule is COc1cc(C(=O)N/N=C2/C[C@H]3CC[C@@]2(C)C3(C)C)cc(OC)c1Br. The quantitative estimate of drug-likeness (QED) is 0.750. The van der Waals surface area contributed by atoms with Crippen LogP contribution in [0.25, 0.3) is 0 Å². The molecular weight excluding hydrogens is 384 g/mol. The molecular formula is C19H25BrN2O3. The lowest BCUT2D eigenvalue weighted by Crippen LogP contribution is -2.34. The van der Waals surface area contributed by atoms with E-state index in [1.54, 1.807) is 26.4 Å². The number of benzene rings is 1. The zero-order valence-electron chi connectivity index (χ0n) is 15.4. The molecule has 6 heteroatoms. The Bertz CT molecular complexity index is 719. The number of nitrogens with one attached hydrogen (secondary N) is 1. The number of carbonyl (C=O) groups excluding carboxylic acids is 1. The number of ether oxygens (including phenoxy) is 2. The summed E-state index contributed by atoms with van der Waals surface area (Å²) in [6.45, 7) is 6.91. The minimum atomic E-state index is -0.263. The van der Waals surface area contributed by atoms with Gasteiger partial charge in [-0.2, -0.15) is 5.10 Å². The van der Waals surface area contributed by atoms with E-state index in [0.29, 0.717) is 27.5 Å². The van der Waals surface area contributed by atoms with Crippen molar-refractivity contribution in [3.63, 3.8) is 0 Å². The van der Waals surface area contributed by atoms with Gasteiger partial charge < -0.3 is 9.47 Å². The highest BCUT2D eigenvalue weighted by atomic mass is 79.9. The van der Waals surface area contributed by atoms with Crippen LogP contribution in [0.3, 0.4) is 0 Å². The van der Waals surface area contributed by atoms with Gasteiger partial charge in [0.2, 0.25) is 0 Å². The maximum Gasteiger partial charge on any atom is 0.271 e. The molecule has 1 N–H and O–H groups in total. The summed E-state index contributed by atoms with van der Waals surface area (Å²) in [6, 6.07) is 3.35. The first-order chi connectivity index (χ1) is 11.7. The summed E-state index contributed by atoms with van der Waals surface area (Å²) in [6.07, 6.45) is 3.35. The average Bonchev–Trinajstić information content (AvgIpc) is 2.93. The Morgan fingerprint density at radius 2 is 1.84 bits per heavy atom. The summed E-state index contributed by atoms with van der Waals surface area (Å²) in [7, 11) is 3.11. The van der Waals surface area contributed by atoms with Gasteiger partial charge in [0.15, 0.2) is 0 Å². The molecule has 5 nitrogen and oxygen atoms in total. The number of carbonyl (C=O) groups is 1. The molecule has 1 aromatic carbocycles. The number of hydrazone groups is 1. The summed E-state index contributed by atoms with van der Waals surface area (Å²) in [5.41, 5.74) is 4.60. The van der Waals surface area contributed by atoms with Crippen molar-refractivity contribution in [1.29, 1.82) is 0 Å². The van der Waals surface area contributed by atoms with E-state index in [1.165, 1.54) is 6.42 Å². The molecule has 0 saturated heterocycles. The molecule has 136 valence electrons. The third-order valence-electron chi connectivity index (χ3n) is 6.51. The highest BCUT2D eigenvalue weighted by Gasteiger charge is 2.60. The molecule has 2 saturated carbocycles. The van der Waals surface area contributed by atoms with Crippen LogP contribution >= 0.6 is 15.9 Å². The monoisotopic (exact) mass is 408 g/mol. The molecule has 1 aromatic rings. The second-order valence-electron chi connectivity index (χ2n) is 7.69. The van der Waals surface area contributed by atoms with Gasteiger partial charge in [0.05, 0.1) is 14.2 Å². The molecule has 0 spiro atoms. The van der Waals surface area contributed by atoms with Crippen LogP contribution in [-0.2, 0) is 0 Å². The van der Waals surface area contributed by atoms with Crippen molar-refractivity contribution in [2.24, 2.45) is 21.8 Å². The van der Waals surface area contributed by atoms with Crippen molar-refractivity contribution in [2.45, 2.75) is 40.0 Å². The second-order valence-corrected chi connectivity index (χ2v) is 8.48. The number of amides is 1. The Labute approximate surface area is 157 Å². The first-order valence-corrected chi connectivity index (χ1v) is 9.33. The maximum atomic E-state index is 12.6. The van der Waals surface area contributed by atoms with Crippen molar-refractivity contribution in [2.75, 3.05) is 14.2 Å². The molecule has 2 aliphatic carbocycles. The van der Waals surface area contributed by atoms with Crippen LogP contribution in [-0.4, -0.2) is 25.8 Å². The van der Waals surface area contributed by atoms with Gasteiger partial charge in [0.1, 0.15) is 16.0 Å². The van der Waals surface area contributed by atoms with Crippen LogP contribution in [0.1, 0.15) is 50.4 Å². The van der Waals surface area contributed by atoms with Gasteiger partial charge in [0.25, 0.3) is 5.91 Å². The number of hydrogen-bond donors (Lipinski definition) is 1. The summed E-state index contributed by atoms with van der Waals surface area (Å²) in [5, 5.41) is 4.51. The molecule has 2 bridgehead atoms. The average molecular weight is 409 g/mol. The minimum Gasteiger partial charge on any atom is -0.495 e. The van der Waals surface area contributed by atoms with Gasteiger partial charge in [-0.25, -0.2) is 5.43 Å². The zero-order valence-corrected chi connectivity index (χ0v) is 17.0. The third-order valence-corrected chi connectivity index (χ3v) is 7.29. The summed E-state index contributed by atoms with van der Waals surface area (Å²) < 4.78 is 11.3. The van der Waals surface area contributed by atoms with Crippen LogP contribution in [0.4, 0.5) is 0 Å². The molecule has 2 atom stereocenters. The lowest BCUT2D eigenvalue weighted by atomic mass is 9.70. The molecule has 0 radical (unpaired) electrons. The Balaban J connectivity index is 1.82. The summed E-state index contributed by atoms with van der Waals surface area (Å²) >= 11 is 3.41. The van der Waals surface area contributed by atoms with Gasteiger partial charge in [-0.3, -0.25) is 4.79 Å². The van der Waals surface area contributed by atoms with E-state index < -0.39 is 0 Å². The third kappa shape index (κ3) is 2.75. The molecule has 2 aliphatic rings. The number of hydrogen-bond acceptors (Lipinski definition) is 4. The number of halogens is 1. The Hall–Kier alpha value is -1.56. The normalized spacial score (nSPS) is 28.2. The van der Waals surface area contributed by atoms with E-state index in [-0.39, 0.29) is 16.7 Å². The van der Waals surface area contributed by atoms with Crippen LogP contribution in [0, 0.1) is 16.7 Å². The molecule has 0 heterocycles. The fourth-order valence-corrected chi connectivity index (χ4v) is 4.83. The molecule has 0 aromatic heterocycles. The van der Waals surface area contributed by atoms with Crippen molar-refractivity contribution in [1.82, 2.24) is 5.43 Å². The van der Waals surface area contributed by atoms with Gasteiger partial charge in [-0.1, -0.05) is 20.8 Å². The largest absolute Gasteiger partial charge is 0.495 e. The fraction of sp³-hybridized carbons (Fsp3) is 0.579. The Morgan fingerprint density at radius 1 is 1.24 bits per heavy atom. The zero-order chi connectivity index (χ0) is 18.4. The number of nitrogens with zero attached hydrogens (tertiary/aromatic N) is 1. The summed E-state index contributed by atoms with van der Waals surface area (Å²) in [4.78, 5) is 12.6. The maximum absolute atomic E-state index is 12.6. The van der Waals surface area contributed by atoms with Crippen LogP contribution in [0.15, 0.2) is 21.7 Å². The Morgan fingerprint density at radius 3 is 2.28 bits per heavy atom. The molecule has 0 aliphatic heterocycles.